The Kier molecular flexibility index (Phi) is 6.91. The largest absolute Gasteiger partial charge is 0.497 e. The fraction of sp³-hybridized carbons (Fsp3) is 0.0870. The van der Waals surface area contributed by atoms with E-state index in [-0.39, 0.29) is 23.0 Å². The lowest BCUT2D eigenvalue weighted by atomic mass is 10.1. The summed E-state index contributed by atoms with van der Waals surface area (Å²) in [7, 11) is 3.00. The summed E-state index contributed by atoms with van der Waals surface area (Å²) in [6.45, 7) is 0. The van der Waals surface area contributed by atoms with Crippen LogP contribution in [0.5, 0.6) is 5.75 Å². The lowest BCUT2D eigenvalue weighted by Gasteiger charge is -2.09. The minimum absolute atomic E-state index is 0.218. The molecule has 0 fully saturated rings. The molecular weight excluding hydrogens is 486 g/mol. The summed E-state index contributed by atoms with van der Waals surface area (Å²) in [6.07, 6.45) is 0. The van der Waals surface area contributed by atoms with Crippen LogP contribution in [0.3, 0.4) is 0 Å². The van der Waals surface area contributed by atoms with Gasteiger partial charge in [-0.1, -0.05) is 23.5 Å². The van der Waals surface area contributed by atoms with Gasteiger partial charge < -0.3 is 21.1 Å². The highest BCUT2D eigenvalue weighted by Gasteiger charge is 2.17. The normalized spacial score (nSPS) is 10.3. The lowest BCUT2D eigenvalue weighted by Crippen LogP contribution is -2.24. The number of nitrogens with zero attached hydrogens (tertiary/aromatic N) is 3. The molecule has 0 radical (unpaired) electrons. The van der Waals surface area contributed by atoms with Crippen molar-refractivity contribution in [2.24, 2.45) is 0 Å². The molecule has 12 heteroatoms. The first-order chi connectivity index (χ1) is 16.9. The molecule has 5 N–H and O–H groups in total. The van der Waals surface area contributed by atoms with E-state index in [1.807, 2.05) is 17.5 Å². The van der Waals surface area contributed by atoms with E-state index in [0.717, 1.165) is 5.56 Å². The molecule has 0 aliphatic rings. The number of carbonyl (C=O) groups is 2. The maximum atomic E-state index is 12.9. The third kappa shape index (κ3) is 5.21. The molecular formula is C23H19N7O3S2. The molecule has 176 valence electrons. The predicted octanol–water partition coefficient (Wildman–Crippen LogP) is 4.40. The number of anilines is 3. The Morgan fingerprint density at radius 2 is 1.97 bits per heavy atom. The van der Waals surface area contributed by atoms with Gasteiger partial charge in [-0.05, 0) is 30.3 Å². The minimum atomic E-state index is -0.426. The van der Waals surface area contributed by atoms with Crippen molar-refractivity contribution in [3.8, 4) is 33.0 Å². The summed E-state index contributed by atoms with van der Waals surface area (Å²) < 4.78 is 5.17. The number of hydrogen-bond donors (Lipinski definition) is 4. The van der Waals surface area contributed by atoms with Crippen molar-refractivity contribution in [3.05, 3.63) is 59.0 Å². The summed E-state index contributed by atoms with van der Waals surface area (Å²) in [4.78, 5) is 33.9. The average molecular weight is 506 g/mol. The number of hydrogen-bond acceptors (Lipinski definition) is 9. The van der Waals surface area contributed by atoms with Gasteiger partial charge in [-0.3, -0.25) is 10.1 Å². The Balaban J connectivity index is 1.56. The Morgan fingerprint density at radius 3 is 2.71 bits per heavy atom. The maximum absolute atomic E-state index is 12.9. The molecule has 2 heterocycles. The van der Waals surface area contributed by atoms with Crippen molar-refractivity contribution in [2.75, 3.05) is 30.5 Å². The van der Waals surface area contributed by atoms with E-state index in [0.29, 0.717) is 32.1 Å². The quantitative estimate of drug-likeness (QED) is 0.303. The molecule has 0 spiro atoms. The van der Waals surface area contributed by atoms with E-state index in [1.54, 1.807) is 30.3 Å². The number of nitriles is 1. The Bertz CT molecular complexity index is 1460. The van der Waals surface area contributed by atoms with Gasteiger partial charge in [-0.15, -0.1) is 11.3 Å². The summed E-state index contributed by atoms with van der Waals surface area (Å²) in [6, 6.07) is 13.5. The topological polar surface area (TPSA) is 155 Å². The molecule has 0 aliphatic carbocycles. The van der Waals surface area contributed by atoms with Crippen molar-refractivity contribution in [1.29, 1.82) is 5.26 Å². The number of urea groups is 1. The van der Waals surface area contributed by atoms with Gasteiger partial charge in [0.15, 0.2) is 5.13 Å². The first kappa shape index (κ1) is 23.7. The zero-order valence-corrected chi connectivity index (χ0v) is 20.2. The van der Waals surface area contributed by atoms with Crippen molar-refractivity contribution < 1.29 is 14.3 Å². The number of nitrogen functional groups attached to an aromatic ring is 1. The fourth-order valence-corrected chi connectivity index (χ4v) is 4.91. The van der Waals surface area contributed by atoms with Crippen LogP contribution in [0.2, 0.25) is 0 Å². The van der Waals surface area contributed by atoms with Gasteiger partial charge in [0.05, 0.1) is 30.0 Å². The molecule has 4 aromatic rings. The Hall–Kier alpha value is -4.47. The van der Waals surface area contributed by atoms with Gasteiger partial charge in [0, 0.05) is 23.7 Å². The molecule has 3 amide bonds. The molecule has 4 rings (SSSR count). The van der Waals surface area contributed by atoms with Crippen LogP contribution in [-0.2, 0) is 0 Å². The lowest BCUT2D eigenvalue weighted by molar-refractivity contribution is 0.102. The molecule has 0 saturated carbocycles. The second kappa shape index (κ2) is 10.2. The smallest absolute Gasteiger partial charge is 0.320 e. The number of aromatic nitrogens is 2. The molecule has 0 bridgehead atoms. The second-order valence-corrected chi connectivity index (χ2v) is 8.89. The molecule has 0 aliphatic heterocycles. The summed E-state index contributed by atoms with van der Waals surface area (Å²) in [5, 5.41) is 20.1. The van der Waals surface area contributed by atoms with E-state index in [4.69, 9.17) is 10.5 Å². The van der Waals surface area contributed by atoms with Gasteiger partial charge in [0.25, 0.3) is 5.91 Å². The first-order valence-corrected chi connectivity index (χ1v) is 11.8. The van der Waals surface area contributed by atoms with E-state index in [2.05, 4.69) is 25.9 Å². The zero-order chi connectivity index (χ0) is 24.9. The van der Waals surface area contributed by atoms with Crippen molar-refractivity contribution in [1.82, 2.24) is 15.3 Å². The van der Waals surface area contributed by atoms with Crippen LogP contribution in [0.1, 0.15) is 15.9 Å². The average Bonchev–Trinajstić information content (AvgIpc) is 3.50. The van der Waals surface area contributed by atoms with E-state index in [9.17, 15) is 14.9 Å². The molecule has 0 atom stereocenters. The van der Waals surface area contributed by atoms with E-state index < -0.39 is 5.91 Å². The number of benzene rings is 2. The van der Waals surface area contributed by atoms with Gasteiger partial charge >= 0.3 is 6.03 Å². The van der Waals surface area contributed by atoms with E-state index >= 15 is 0 Å². The monoisotopic (exact) mass is 505 g/mol. The molecule has 0 unspecified atom stereocenters. The standard InChI is InChI=1S/C23H19N7O3S2/c1-26-22(32)30-23-29-19(25)18(35-23)21-28-17(11-34-21)12-4-3-5-14(8-12)27-20(31)16-9-15(33-2)7-6-13(16)10-24/h3-9,11H,25H2,1-2H3,(H,27,31)(H2,26,29,30,32). The number of thiazole rings is 2. The van der Waals surface area contributed by atoms with Crippen LogP contribution in [0.15, 0.2) is 47.8 Å². The maximum Gasteiger partial charge on any atom is 0.320 e. The second-order valence-electron chi connectivity index (χ2n) is 7.03. The van der Waals surface area contributed by atoms with Gasteiger partial charge in [0.2, 0.25) is 0 Å². The number of methoxy groups -OCH3 is 1. The number of amides is 3. The Labute approximate surface area is 208 Å². The number of nitrogens with two attached hydrogens (primary N) is 1. The predicted molar refractivity (Wildman–Crippen MR) is 137 cm³/mol. The molecule has 2 aromatic carbocycles. The SMILES string of the molecule is CNC(=O)Nc1nc(N)c(-c2nc(-c3cccc(NC(=O)c4cc(OC)ccc4C#N)c3)cs2)s1. The number of ether oxygens (including phenoxy) is 1. The summed E-state index contributed by atoms with van der Waals surface area (Å²) in [5.41, 5.74) is 8.51. The van der Waals surface area contributed by atoms with Crippen LogP contribution in [0, 0.1) is 11.3 Å². The van der Waals surface area contributed by atoms with Crippen LogP contribution in [0.25, 0.3) is 21.1 Å². The first-order valence-electron chi connectivity index (χ1n) is 10.1. The van der Waals surface area contributed by atoms with Gasteiger partial charge in [-0.2, -0.15) is 5.26 Å². The van der Waals surface area contributed by atoms with Crippen LogP contribution in [-0.4, -0.2) is 36.1 Å². The van der Waals surface area contributed by atoms with Crippen molar-refractivity contribution in [2.45, 2.75) is 0 Å². The molecule has 2 aromatic heterocycles. The highest BCUT2D eigenvalue weighted by molar-refractivity contribution is 7.23. The highest BCUT2D eigenvalue weighted by Crippen LogP contribution is 2.38. The number of nitrogens with one attached hydrogen (secondary N) is 3. The summed E-state index contributed by atoms with van der Waals surface area (Å²) in [5.74, 6) is 0.328. The molecule has 10 nitrogen and oxygen atoms in total. The van der Waals surface area contributed by atoms with Gasteiger partial charge in [0.1, 0.15) is 21.5 Å². The third-order valence-electron chi connectivity index (χ3n) is 4.81. The fourth-order valence-electron chi connectivity index (χ4n) is 3.10. The molecule has 35 heavy (non-hydrogen) atoms. The van der Waals surface area contributed by atoms with Crippen LogP contribution < -0.4 is 26.4 Å². The highest BCUT2D eigenvalue weighted by atomic mass is 32.1. The van der Waals surface area contributed by atoms with Crippen LogP contribution >= 0.6 is 22.7 Å². The molecule has 0 saturated heterocycles. The van der Waals surface area contributed by atoms with E-state index in [1.165, 1.54) is 42.9 Å². The zero-order valence-electron chi connectivity index (χ0n) is 18.6. The third-order valence-corrected chi connectivity index (χ3v) is 6.79. The minimum Gasteiger partial charge on any atom is -0.497 e. The number of carbonyl (C=O) groups excluding carboxylic acids is 2. The van der Waals surface area contributed by atoms with Crippen LogP contribution in [0.4, 0.5) is 21.4 Å². The number of rotatable bonds is 6. The van der Waals surface area contributed by atoms with Crippen molar-refractivity contribution >= 4 is 51.2 Å². The summed E-state index contributed by atoms with van der Waals surface area (Å²) >= 11 is 2.62. The Morgan fingerprint density at radius 1 is 1.14 bits per heavy atom. The van der Waals surface area contributed by atoms with Crippen molar-refractivity contribution in [3.63, 3.8) is 0 Å². The van der Waals surface area contributed by atoms with Gasteiger partial charge in [-0.25, -0.2) is 14.8 Å².